The Hall–Kier alpha value is -2.62. The first-order chi connectivity index (χ1) is 12.5. The molecule has 1 aliphatic rings. The van der Waals surface area contributed by atoms with Crippen molar-refractivity contribution in [2.45, 2.75) is 39.5 Å². The van der Waals surface area contributed by atoms with Crippen LogP contribution >= 0.6 is 0 Å². The molecule has 3 rings (SSSR count). The number of carbonyl (C=O) groups excluding carboxylic acids is 2. The van der Waals surface area contributed by atoms with Crippen molar-refractivity contribution in [2.75, 3.05) is 16.8 Å². The molecule has 4 nitrogen and oxygen atoms in total. The van der Waals surface area contributed by atoms with Gasteiger partial charge < -0.3 is 10.2 Å². The van der Waals surface area contributed by atoms with Crippen molar-refractivity contribution in [2.24, 2.45) is 5.92 Å². The van der Waals surface area contributed by atoms with E-state index in [-0.39, 0.29) is 24.2 Å². The summed E-state index contributed by atoms with van der Waals surface area (Å²) in [4.78, 5) is 26.6. The predicted octanol–water partition coefficient (Wildman–Crippen LogP) is 4.50. The second-order valence-electron chi connectivity index (χ2n) is 7.16. The molecule has 2 aromatic carbocycles. The number of anilines is 2. The largest absolute Gasteiger partial charge is 0.326 e. The smallest absolute Gasteiger partial charge is 0.229 e. The first-order valence-corrected chi connectivity index (χ1v) is 9.25. The summed E-state index contributed by atoms with van der Waals surface area (Å²) in [5, 5.41) is 2.95. The molecule has 1 N–H and O–H groups in total. The molecule has 1 heterocycles. The monoisotopic (exact) mass is 350 g/mol. The van der Waals surface area contributed by atoms with E-state index in [0.717, 1.165) is 23.4 Å². The molecule has 136 valence electrons. The number of hydrogen-bond donors (Lipinski definition) is 1. The highest BCUT2D eigenvalue weighted by atomic mass is 16.2. The molecule has 26 heavy (non-hydrogen) atoms. The number of nitrogens with one attached hydrogen (secondary N) is 1. The molecule has 2 amide bonds. The van der Waals surface area contributed by atoms with Crippen LogP contribution in [0.1, 0.15) is 43.7 Å². The Morgan fingerprint density at radius 1 is 1.15 bits per heavy atom. The maximum absolute atomic E-state index is 12.6. The molecule has 2 atom stereocenters. The van der Waals surface area contributed by atoms with Gasteiger partial charge >= 0.3 is 0 Å². The van der Waals surface area contributed by atoms with Crippen molar-refractivity contribution in [1.29, 1.82) is 0 Å². The maximum Gasteiger partial charge on any atom is 0.229 e. The van der Waals surface area contributed by atoms with Crippen molar-refractivity contribution in [3.05, 3.63) is 59.7 Å². The summed E-state index contributed by atoms with van der Waals surface area (Å²) in [5.41, 5.74) is 4.06. The van der Waals surface area contributed by atoms with Gasteiger partial charge in [0.15, 0.2) is 0 Å². The standard InChI is InChI=1S/C22H26N2O2/c1-4-16(3)17-7-9-19(10-8-17)23-22(26)18-13-21(25)24(14-18)20-11-5-15(2)6-12-20/h5-12,16,18H,4,13-14H2,1-3H3,(H,23,26)/t16-,18+/m1/s1. The van der Waals surface area contributed by atoms with Gasteiger partial charge in [0, 0.05) is 24.3 Å². The average molecular weight is 350 g/mol. The van der Waals surface area contributed by atoms with E-state index in [1.165, 1.54) is 5.56 Å². The van der Waals surface area contributed by atoms with Crippen LogP contribution in [0.3, 0.4) is 0 Å². The normalized spacial score (nSPS) is 18.0. The van der Waals surface area contributed by atoms with Gasteiger partial charge in [-0.05, 0) is 49.1 Å². The van der Waals surface area contributed by atoms with E-state index >= 15 is 0 Å². The zero-order valence-corrected chi connectivity index (χ0v) is 15.7. The van der Waals surface area contributed by atoms with Gasteiger partial charge in [-0.1, -0.05) is 43.7 Å². The Bertz CT molecular complexity index is 781. The maximum atomic E-state index is 12.6. The Morgan fingerprint density at radius 3 is 2.42 bits per heavy atom. The fourth-order valence-electron chi connectivity index (χ4n) is 3.23. The van der Waals surface area contributed by atoms with Crippen LogP contribution in [0.5, 0.6) is 0 Å². The van der Waals surface area contributed by atoms with Crippen LogP contribution in [0, 0.1) is 12.8 Å². The summed E-state index contributed by atoms with van der Waals surface area (Å²) in [6.07, 6.45) is 1.34. The summed E-state index contributed by atoms with van der Waals surface area (Å²) < 4.78 is 0. The molecule has 0 aliphatic carbocycles. The van der Waals surface area contributed by atoms with Gasteiger partial charge in [0.25, 0.3) is 0 Å². The van der Waals surface area contributed by atoms with Gasteiger partial charge in [0.2, 0.25) is 11.8 Å². The fraction of sp³-hybridized carbons (Fsp3) is 0.364. The zero-order chi connectivity index (χ0) is 18.7. The predicted molar refractivity (Wildman–Crippen MR) is 105 cm³/mol. The molecule has 0 spiro atoms. The Morgan fingerprint density at radius 2 is 1.81 bits per heavy atom. The van der Waals surface area contributed by atoms with Crippen LogP contribution in [0.25, 0.3) is 0 Å². The first kappa shape index (κ1) is 18.2. The third-order valence-corrected chi connectivity index (χ3v) is 5.20. The van der Waals surface area contributed by atoms with Gasteiger partial charge in [-0.25, -0.2) is 0 Å². The van der Waals surface area contributed by atoms with E-state index in [0.29, 0.717) is 12.5 Å². The van der Waals surface area contributed by atoms with E-state index in [4.69, 9.17) is 0 Å². The number of amides is 2. The second-order valence-corrected chi connectivity index (χ2v) is 7.16. The first-order valence-electron chi connectivity index (χ1n) is 9.25. The van der Waals surface area contributed by atoms with Crippen LogP contribution in [0.4, 0.5) is 11.4 Å². The molecule has 4 heteroatoms. The Labute approximate surface area is 155 Å². The topological polar surface area (TPSA) is 49.4 Å². The molecule has 1 aliphatic heterocycles. The minimum Gasteiger partial charge on any atom is -0.326 e. The molecule has 0 aromatic heterocycles. The number of aryl methyl sites for hydroxylation is 1. The Balaban J connectivity index is 1.63. The average Bonchev–Trinajstić information content (AvgIpc) is 3.04. The highest BCUT2D eigenvalue weighted by Gasteiger charge is 2.35. The van der Waals surface area contributed by atoms with Crippen LogP contribution in [-0.4, -0.2) is 18.4 Å². The van der Waals surface area contributed by atoms with Gasteiger partial charge in [-0.3, -0.25) is 9.59 Å². The van der Waals surface area contributed by atoms with Crippen LogP contribution in [-0.2, 0) is 9.59 Å². The van der Waals surface area contributed by atoms with Gasteiger partial charge in [0.1, 0.15) is 0 Å². The van der Waals surface area contributed by atoms with Crippen molar-refractivity contribution in [3.63, 3.8) is 0 Å². The Kier molecular flexibility index (Phi) is 5.40. The van der Waals surface area contributed by atoms with Gasteiger partial charge in [-0.15, -0.1) is 0 Å². The molecule has 2 aromatic rings. The van der Waals surface area contributed by atoms with Crippen LogP contribution in [0.2, 0.25) is 0 Å². The SMILES string of the molecule is CC[C@@H](C)c1ccc(NC(=O)[C@H]2CC(=O)N(c3ccc(C)cc3)C2)cc1. The van der Waals surface area contributed by atoms with E-state index in [1.807, 2.05) is 43.3 Å². The lowest BCUT2D eigenvalue weighted by Gasteiger charge is -2.17. The minimum atomic E-state index is -0.321. The van der Waals surface area contributed by atoms with Crippen LogP contribution < -0.4 is 10.2 Å². The minimum absolute atomic E-state index is 0.00104. The molecular weight excluding hydrogens is 324 g/mol. The molecule has 1 saturated heterocycles. The lowest BCUT2D eigenvalue weighted by atomic mass is 9.98. The van der Waals surface area contributed by atoms with Crippen molar-refractivity contribution < 1.29 is 9.59 Å². The van der Waals surface area contributed by atoms with Gasteiger partial charge in [-0.2, -0.15) is 0 Å². The molecular formula is C22H26N2O2. The summed E-state index contributed by atoms with van der Waals surface area (Å²) >= 11 is 0. The molecule has 0 saturated carbocycles. The van der Waals surface area contributed by atoms with Gasteiger partial charge in [0.05, 0.1) is 5.92 Å². The second kappa shape index (κ2) is 7.73. The summed E-state index contributed by atoms with van der Waals surface area (Å²) in [5.74, 6) is 0.0960. The highest BCUT2D eigenvalue weighted by Crippen LogP contribution is 2.27. The molecule has 0 radical (unpaired) electrons. The van der Waals surface area contributed by atoms with Crippen molar-refractivity contribution in [3.8, 4) is 0 Å². The fourth-order valence-corrected chi connectivity index (χ4v) is 3.23. The van der Waals surface area contributed by atoms with E-state index in [2.05, 4.69) is 31.3 Å². The quantitative estimate of drug-likeness (QED) is 0.863. The van der Waals surface area contributed by atoms with Crippen molar-refractivity contribution >= 4 is 23.2 Å². The molecule has 1 fully saturated rings. The lowest BCUT2D eigenvalue weighted by molar-refractivity contribution is -0.122. The summed E-state index contributed by atoms with van der Waals surface area (Å²) in [6.45, 7) is 6.80. The van der Waals surface area contributed by atoms with E-state index < -0.39 is 0 Å². The third-order valence-electron chi connectivity index (χ3n) is 5.20. The van der Waals surface area contributed by atoms with E-state index in [1.54, 1.807) is 4.90 Å². The van der Waals surface area contributed by atoms with Crippen LogP contribution in [0.15, 0.2) is 48.5 Å². The number of carbonyl (C=O) groups is 2. The number of rotatable bonds is 5. The van der Waals surface area contributed by atoms with Crippen molar-refractivity contribution in [1.82, 2.24) is 0 Å². The summed E-state index contributed by atoms with van der Waals surface area (Å²) in [6, 6.07) is 15.8. The number of hydrogen-bond acceptors (Lipinski definition) is 2. The van der Waals surface area contributed by atoms with E-state index in [9.17, 15) is 9.59 Å². The molecule has 0 bridgehead atoms. The number of benzene rings is 2. The highest BCUT2D eigenvalue weighted by molar-refractivity contribution is 6.03. The number of nitrogens with zero attached hydrogens (tertiary/aromatic N) is 1. The lowest BCUT2D eigenvalue weighted by Crippen LogP contribution is -2.28. The third kappa shape index (κ3) is 3.96. The summed E-state index contributed by atoms with van der Waals surface area (Å²) in [7, 11) is 0. The zero-order valence-electron chi connectivity index (χ0n) is 15.7. The molecule has 0 unspecified atom stereocenters.